The summed E-state index contributed by atoms with van der Waals surface area (Å²) in [7, 11) is 0. The molecular weight excluding hydrogens is 168 g/mol. The Morgan fingerprint density at radius 2 is 1.73 bits per heavy atom. The molecule has 1 heterocycles. The third kappa shape index (κ3) is 1.68. The first-order valence-corrected chi connectivity index (χ1v) is 4.36. The maximum Gasteiger partial charge on any atom is 0.128 e. The van der Waals surface area contributed by atoms with Gasteiger partial charge in [0.25, 0.3) is 0 Å². The summed E-state index contributed by atoms with van der Waals surface area (Å²) in [5.41, 5.74) is -0.982. The van der Waals surface area contributed by atoms with Crippen molar-refractivity contribution in [2.45, 2.75) is 35.9 Å². The first-order chi connectivity index (χ1) is 5.04. The molecule has 0 aromatic rings. The Morgan fingerprint density at radius 1 is 1.18 bits per heavy atom. The van der Waals surface area contributed by atoms with Crippen LogP contribution in [0.3, 0.4) is 0 Å². The third-order valence-corrected chi connectivity index (χ3v) is 3.30. The highest BCUT2D eigenvalue weighted by molar-refractivity contribution is 8.00. The SMILES string of the molecule is CC(O)C1SC(O)C(O)C1O. The van der Waals surface area contributed by atoms with Crippen molar-refractivity contribution in [2.75, 3.05) is 0 Å². The van der Waals surface area contributed by atoms with Crippen LogP contribution in [0.2, 0.25) is 0 Å². The maximum atomic E-state index is 9.21. The van der Waals surface area contributed by atoms with Gasteiger partial charge >= 0.3 is 0 Å². The normalized spacial score (nSPS) is 47.7. The van der Waals surface area contributed by atoms with Crippen molar-refractivity contribution >= 4 is 11.8 Å². The van der Waals surface area contributed by atoms with E-state index in [0.29, 0.717) is 0 Å². The van der Waals surface area contributed by atoms with Gasteiger partial charge in [0.15, 0.2) is 0 Å². The zero-order valence-electron chi connectivity index (χ0n) is 6.08. The number of thioether (sulfide) groups is 1. The third-order valence-electron chi connectivity index (χ3n) is 1.75. The van der Waals surface area contributed by atoms with Gasteiger partial charge < -0.3 is 20.4 Å². The summed E-state index contributed by atoms with van der Waals surface area (Å²) in [5.74, 6) is 0. The van der Waals surface area contributed by atoms with Crippen molar-refractivity contribution in [1.82, 2.24) is 0 Å². The highest BCUT2D eigenvalue weighted by Crippen LogP contribution is 2.34. The van der Waals surface area contributed by atoms with Gasteiger partial charge in [0.1, 0.15) is 11.5 Å². The smallest absolute Gasteiger partial charge is 0.128 e. The highest BCUT2D eigenvalue weighted by Gasteiger charge is 2.43. The van der Waals surface area contributed by atoms with Gasteiger partial charge in [-0.25, -0.2) is 0 Å². The Labute approximate surface area is 68.9 Å². The molecule has 4 nitrogen and oxygen atoms in total. The molecule has 0 amide bonds. The van der Waals surface area contributed by atoms with E-state index in [1.165, 1.54) is 6.92 Å². The zero-order valence-corrected chi connectivity index (χ0v) is 6.90. The summed E-state index contributed by atoms with van der Waals surface area (Å²) in [6, 6.07) is 0. The molecule has 4 N–H and O–H groups in total. The van der Waals surface area contributed by atoms with E-state index in [4.69, 9.17) is 15.3 Å². The summed E-state index contributed by atoms with van der Waals surface area (Å²) in [5, 5.41) is 35.9. The van der Waals surface area contributed by atoms with Crippen LogP contribution in [0.1, 0.15) is 6.92 Å². The molecule has 66 valence electrons. The van der Waals surface area contributed by atoms with Crippen LogP contribution in [-0.4, -0.2) is 49.4 Å². The fourth-order valence-electron chi connectivity index (χ4n) is 1.08. The van der Waals surface area contributed by atoms with Gasteiger partial charge in [-0.1, -0.05) is 0 Å². The first-order valence-electron chi connectivity index (χ1n) is 3.41. The fourth-order valence-corrected chi connectivity index (χ4v) is 2.28. The molecule has 5 unspecified atom stereocenters. The second-order valence-electron chi connectivity index (χ2n) is 2.71. The van der Waals surface area contributed by atoms with Crippen molar-refractivity contribution < 1.29 is 20.4 Å². The lowest BCUT2D eigenvalue weighted by Crippen LogP contribution is -2.36. The standard InChI is InChI=1S/C6H12O4S/c1-2(7)5-3(8)4(9)6(10)11-5/h2-10H,1H3. The van der Waals surface area contributed by atoms with Gasteiger partial charge in [0.2, 0.25) is 0 Å². The predicted molar refractivity (Wildman–Crippen MR) is 41.1 cm³/mol. The number of aliphatic hydroxyl groups excluding tert-OH is 4. The van der Waals surface area contributed by atoms with Crippen LogP contribution in [0.15, 0.2) is 0 Å². The van der Waals surface area contributed by atoms with E-state index in [9.17, 15) is 5.11 Å². The van der Waals surface area contributed by atoms with Gasteiger partial charge in [0, 0.05) is 0 Å². The van der Waals surface area contributed by atoms with Crippen LogP contribution >= 0.6 is 11.8 Å². The van der Waals surface area contributed by atoms with Crippen molar-refractivity contribution in [1.29, 1.82) is 0 Å². The van der Waals surface area contributed by atoms with Crippen LogP contribution in [0.25, 0.3) is 0 Å². The van der Waals surface area contributed by atoms with Crippen LogP contribution in [0.5, 0.6) is 0 Å². The Balaban J connectivity index is 2.59. The minimum atomic E-state index is -1.14. The van der Waals surface area contributed by atoms with Crippen molar-refractivity contribution in [2.24, 2.45) is 0 Å². The topological polar surface area (TPSA) is 80.9 Å². The quantitative estimate of drug-likeness (QED) is 0.396. The van der Waals surface area contributed by atoms with Gasteiger partial charge in [-0.15, -0.1) is 11.8 Å². The molecule has 0 bridgehead atoms. The summed E-state index contributed by atoms with van der Waals surface area (Å²) in [6.07, 6.45) is -2.89. The number of rotatable bonds is 1. The number of aliphatic hydroxyl groups is 4. The lowest BCUT2D eigenvalue weighted by molar-refractivity contribution is -0.0254. The molecule has 1 rings (SSSR count). The van der Waals surface area contributed by atoms with Crippen molar-refractivity contribution in [3.63, 3.8) is 0 Å². The summed E-state index contributed by atoms with van der Waals surface area (Å²) in [4.78, 5) is 0. The molecule has 0 spiro atoms. The average Bonchev–Trinajstić information content (AvgIpc) is 2.17. The molecule has 5 atom stereocenters. The molecule has 0 radical (unpaired) electrons. The summed E-state index contributed by atoms with van der Waals surface area (Å²) >= 11 is 0.995. The number of hydrogen-bond acceptors (Lipinski definition) is 5. The Hall–Kier alpha value is 0.190. The molecule has 1 saturated heterocycles. The second kappa shape index (κ2) is 3.28. The molecule has 1 aliphatic rings. The Kier molecular flexibility index (Phi) is 2.77. The van der Waals surface area contributed by atoms with Crippen LogP contribution in [0, 0.1) is 0 Å². The molecule has 0 aromatic carbocycles. The molecule has 0 aromatic heterocycles. The van der Waals surface area contributed by atoms with E-state index in [1.807, 2.05) is 0 Å². The minimum Gasteiger partial charge on any atom is -0.392 e. The Morgan fingerprint density at radius 3 is 1.91 bits per heavy atom. The van der Waals surface area contributed by atoms with E-state index >= 15 is 0 Å². The number of hydrogen-bond donors (Lipinski definition) is 4. The van der Waals surface area contributed by atoms with E-state index in [2.05, 4.69) is 0 Å². The summed E-state index contributed by atoms with van der Waals surface area (Å²) < 4.78 is 0. The highest BCUT2D eigenvalue weighted by atomic mass is 32.2. The van der Waals surface area contributed by atoms with E-state index in [1.54, 1.807) is 0 Å². The lowest BCUT2D eigenvalue weighted by Gasteiger charge is -2.16. The van der Waals surface area contributed by atoms with Crippen LogP contribution in [-0.2, 0) is 0 Å². The molecule has 0 saturated carbocycles. The van der Waals surface area contributed by atoms with Gasteiger partial charge in [-0.05, 0) is 6.92 Å². The first kappa shape index (κ1) is 9.28. The monoisotopic (exact) mass is 180 g/mol. The molecule has 1 aliphatic heterocycles. The molecule has 11 heavy (non-hydrogen) atoms. The van der Waals surface area contributed by atoms with Crippen molar-refractivity contribution in [3.8, 4) is 0 Å². The summed E-state index contributed by atoms with van der Waals surface area (Å²) in [6.45, 7) is 1.52. The fraction of sp³-hybridized carbons (Fsp3) is 1.00. The maximum absolute atomic E-state index is 9.21. The zero-order chi connectivity index (χ0) is 8.59. The van der Waals surface area contributed by atoms with Crippen molar-refractivity contribution in [3.05, 3.63) is 0 Å². The molecular formula is C6H12O4S. The van der Waals surface area contributed by atoms with Gasteiger partial charge in [-0.3, -0.25) is 0 Å². The molecule has 0 aliphatic carbocycles. The van der Waals surface area contributed by atoms with E-state index in [-0.39, 0.29) is 0 Å². The lowest BCUT2D eigenvalue weighted by atomic mass is 10.1. The van der Waals surface area contributed by atoms with E-state index < -0.39 is 29.0 Å². The second-order valence-corrected chi connectivity index (χ2v) is 4.01. The van der Waals surface area contributed by atoms with Gasteiger partial charge in [0.05, 0.1) is 17.5 Å². The molecule has 5 heteroatoms. The van der Waals surface area contributed by atoms with Gasteiger partial charge in [-0.2, -0.15) is 0 Å². The predicted octanol–water partition coefficient (Wildman–Crippen LogP) is -1.48. The Bertz CT molecular complexity index is 141. The van der Waals surface area contributed by atoms with E-state index in [0.717, 1.165) is 11.8 Å². The van der Waals surface area contributed by atoms with Crippen LogP contribution in [0.4, 0.5) is 0 Å². The van der Waals surface area contributed by atoms with Crippen LogP contribution < -0.4 is 0 Å². The average molecular weight is 180 g/mol. The minimum absolute atomic E-state index is 0.486. The largest absolute Gasteiger partial charge is 0.392 e. The molecule has 1 fully saturated rings.